The average Bonchev–Trinajstić information content (AvgIpc) is 2.92. The summed E-state index contributed by atoms with van der Waals surface area (Å²) in [5.41, 5.74) is 1.87. The normalized spacial score (nSPS) is 11.4. The third kappa shape index (κ3) is 3.09. The minimum atomic E-state index is -0.538. The third-order valence-electron chi connectivity index (χ3n) is 3.82. The van der Waals surface area contributed by atoms with Crippen LogP contribution >= 0.6 is 0 Å². The monoisotopic (exact) mass is 343 g/mol. The number of aromatic nitrogens is 3. The Morgan fingerprint density at radius 1 is 1.36 bits per heavy atom. The number of carbonyl (C=O) groups excluding carboxylic acids is 1. The van der Waals surface area contributed by atoms with Gasteiger partial charge in [0.15, 0.2) is 5.69 Å². The Morgan fingerprint density at radius 3 is 2.80 bits per heavy atom. The zero-order chi connectivity index (χ0) is 18.1. The second-order valence-electron chi connectivity index (χ2n) is 6.26. The van der Waals surface area contributed by atoms with Gasteiger partial charge >= 0.3 is 5.97 Å². The molecule has 3 rings (SSSR count). The smallest absolute Gasteiger partial charge is 0.358 e. The molecule has 0 unspecified atom stereocenters. The summed E-state index contributed by atoms with van der Waals surface area (Å²) in [7, 11) is 0. The summed E-state index contributed by atoms with van der Waals surface area (Å²) in [6.45, 7) is 8.45. The zero-order valence-corrected chi connectivity index (χ0v) is 14.8. The van der Waals surface area contributed by atoms with Gasteiger partial charge < -0.3 is 14.5 Å². The van der Waals surface area contributed by atoms with Crippen LogP contribution in [0.4, 0.5) is 0 Å². The molecule has 2 heterocycles. The van der Waals surface area contributed by atoms with Gasteiger partial charge in [-0.05, 0) is 31.9 Å². The van der Waals surface area contributed by atoms with E-state index in [9.17, 15) is 9.59 Å². The van der Waals surface area contributed by atoms with E-state index in [1.165, 1.54) is 0 Å². The summed E-state index contributed by atoms with van der Waals surface area (Å²) in [5, 5.41) is 0. The molecule has 7 heteroatoms. The van der Waals surface area contributed by atoms with Gasteiger partial charge in [-0.3, -0.25) is 9.20 Å². The summed E-state index contributed by atoms with van der Waals surface area (Å²) < 4.78 is 12.5. The van der Waals surface area contributed by atoms with E-state index in [1.807, 2.05) is 12.1 Å². The number of aromatic amines is 1. The third-order valence-corrected chi connectivity index (χ3v) is 3.82. The molecule has 25 heavy (non-hydrogen) atoms. The van der Waals surface area contributed by atoms with E-state index >= 15 is 0 Å². The summed E-state index contributed by atoms with van der Waals surface area (Å²) in [6.07, 6.45) is 0. The van der Waals surface area contributed by atoms with E-state index in [0.717, 1.165) is 5.52 Å². The summed E-state index contributed by atoms with van der Waals surface area (Å²) in [6, 6.07) is 5.44. The van der Waals surface area contributed by atoms with Gasteiger partial charge in [0.1, 0.15) is 5.75 Å². The van der Waals surface area contributed by atoms with Crippen LogP contribution in [-0.2, 0) is 4.74 Å². The second-order valence-corrected chi connectivity index (χ2v) is 6.26. The average molecular weight is 343 g/mol. The lowest BCUT2D eigenvalue weighted by molar-refractivity contribution is 0.0519. The molecule has 132 valence electrons. The van der Waals surface area contributed by atoms with Gasteiger partial charge in [0, 0.05) is 6.07 Å². The molecule has 0 saturated heterocycles. The molecule has 0 atom stereocenters. The Hall–Kier alpha value is -2.83. The molecule has 3 aromatic rings. The molecule has 0 aliphatic carbocycles. The highest BCUT2D eigenvalue weighted by atomic mass is 16.5. The number of benzene rings is 1. The van der Waals surface area contributed by atoms with E-state index in [1.54, 1.807) is 24.3 Å². The molecule has 1 aromatic carbocycles. The highest BCUT2D eigenvalue weighted by Crippen LogP contribution is 2.22. The topological polar surface area (TPSA) is 85.7 Å². The number of nitrogens with one attached hydrogen (secondary N) is 1. The van der Waals surface area contributed by atoms with E-state index in [2.05, 4.69) is 23.8 Å². The van der Waals surface area contributed by atoms with Crippen LogP contribution in [-0.4, -0.2) is 33.6 Å². The van der Waals surface area contributed by atoms with Gasteiger partial charge in [-0.15, -0.1) is 0 Å². The molecule has 2 aromatic heterocycles. The maximum Gasteiger partial charge on any atom is 0.358 e. The lowest BCUT2D eigenvalue weighted by Gasteiger charge is -2.10. The highest BCUT2D eigenvalue weighted by Gasteiger charge is 2.20. The Kier molecular flexibility index (Phi) is 4.48. The molecule has 7 nitrogen and oxygen atoms in total. The predicted molar refractivity (Wildman–Crippen MR) is 94.3 cm³/mol. The molecule has 0 bridgehead atoms. The summed E-state index contributed by atoms with van der Waals surface area (Å²) >= 11 is 0. The first kappa shape index (κ1) is 17.0. The molecule has 0 radical (unpaired) electrons. The molecule has 0 aliphatic heterocycles. The van der Waals surface area contributed by atoms with Crippen LogP contribution in [0.5, 0.6) is 5.75 Å². The maximum absolute atomic E-state index is 12.3. The number of hydrogen-bond donors (Lipinski definition) is 1. The van der Waals surface area contributed by atoms with Crippen molar-refractivity contribution in [2.24, 2.45) is 5.92 Å². The lowest BCUT2D eigenvalue weighted by Crippen LogP contribution is -2.11. The van der Waals surface area contributed by atoms with Crippen LogP contribution in [0.2, 0.25) is 0 Å². The maximum atomic E-state index is 12.3. The quantitative estimate of drug-likeness (QED) is 0.720. The number of H-pyrrole nitrogens is 1. The van der Waals surface area contributed by atoms with Crippen LogP contribution < -0.4 is 10.3 Å². The van der Waals surface area contributed by atoms with Crippen LogP contribution in [0.1, 0.15) is 37.0 Å². The second kappa shape index (κ2) is 6.58. The van der Waals surface area contributed by atoms with Gasteiger partial charge in [0.25, 0.3) is 5.56 Å². The van der Waals surface area contributed by atoms with Crippen molar-refractivity contribution < 1.29 is 14.3 Å². The fourth-order valence-electron chi connectivity index (χ4n) is 2.67. The minimum absolute atomic E-state index is 0.147. The number of carbonyl (C=O) groups is 1. The van der Waals surface area contributed by atoms with Gasteiger partial charge in [0.05, 0.1) is 29.9 Å². The van der Waals surface area contributed by atoms with Crippen molar-refractivity contribution in [1.29, 1.82) is 0 Å². The molecule has 0 spiro atoms. The predicted octanol–water partition coefficient (Wildman–Crippen LogP) is 2.70. The highest BCUT2D eigenvalue weighted by molar-refractivity contribution is 5.91. The van der Waals surface area contributed by atoms with Gasteiger partial charge in [-0.1, -0.05) is 13.8 Å². The Morgan fingerprint density at radius 2 is 2.12 bits per heavy atom. The lowest BCUT2D eigenvalue weighted by atomic mass is 10.2. The summed E-state index contributed by atoms with van der Waals surface area (Å²) in [5.74, 6) is 0.556. The number of rotatable bonds is 5. The van der Waals surface area contributed by atoms with Gasteiger partial charge in [0.2, 0.25) is 5.65 Å². The Balaban J connectivity index is 2.22. The number of hydrogen-bond acceptors (Lipinski definition) is 5. The van der Waals surface area contributed by atoms with Crippen molar-refractivity contribution in [3.63, 3.8) is 0 Å². The first-order chi connectivity index (χ1) is 11.9. The minimum Gasteiger partial charge on any atom is -0.493 e. The van der Waals surface area contributed by atoms with Crippen molar-refractivity contribution in [3.8, 4) is 5.75 Å². The zero-order valence-electron chi connectivity index (χ0n) is 14.8. The molecule has 0 saturated carbocycles. The van der Waals surface area contributed by atoms with Crippen molar-refractivity contribution in [1.82, 2.24) is 14.4 Å². The van der Waals surface area contributed by atoms with Crippen molar-refractivity contribution in [2.75, 3.05) is 13.2 Å². The molecule has 0 amide bonds. The number of aryl methyl sites for hydroxylation is 1. The number of nitrogens with zero attached hydrogens (tertiary/aromatic N) is 2. The van der Waals surface area contributed by atoms with Crippen LogP contribution in [0.25, 0.3) is 16.7 Å². The number of esters is 1. The SMILES string of the molecule is CCOC(=O)c1nc2c(=O)[nH]c3ccc(OCC(C)C)cc3n2c1C. The largest absolute Gasteiger partial charge is 0.493 e. The Bertz CT molecular complexity index is 1000. The molecule has 0 aliphatic rings. The number of imidazole rings is 1. The fraction of sp³-hybridized carbons (Fsp3) is 0.389. The standard InChI is InChI=1S/C18H21N3O4/c1-5-24-18(23)15-11(4)21-14-8-12(25-9-10(2)3)6-7-13(14)19-17(22)16(21)20-15/h6-8,10H,5,9H2,1-4H3,(H,19,22). The number of fused-ring (bicyclic) bond motifs is 3. The van der Waals surface area contributed by atoms with Crippen molar-refractivity contribution >= 4 is 22.6 Å². The van der Waals surface area contributed by atoms with Crippen molar-refractivity contribution in [3.05, 3.63) is 39.9 Å². The van der Waals surface area contributed by atoms with Crippen LogP contribution in [0, 0.1) is 12.8 Å². The van der Waals surface area contributed by atoms with E-state index < -0.39 is 5.97 Å². The molecule has 1 N–H and O–H groups in total. The summed E-state index contributed by atoms with van der Waals surface area (Å²) in [4.78, 5) is 31.4. The first-order valence-corrected chi connectivity index (χ1v) is 8.27. The molecule has 0 fully saturated rings. The first-order valence-electron chi connectivity index (χ1n) is 8.27. The number of ether oxygens (including phenoxy) is 2. The van der Waals surface area contributed by atoms with Crippen LogP contribution in [0.3, 0.4) is 0 Å². The van der Waals surface area contributed by atoms with Crippen LogP contribution in [0.15, 0.2) is 23.0 Å². The molecular weight excluding hydrogens is 322 g/mol. The van der Waals surface area contributed by atoms with E-state index in [4.69, 9.17) is 9.47 Å². The van der Waals surface area contributed by atoms with Gasteiger partial charge in [-0.25, -0.2) is 9.78 Å². The van der Waals surface area contributed by atoms with Crippen molar-refractivity contribution in [2.45, 2.75) is 27.7 Å². The van der Waals surface area contributed by atoms with Gasteiger partial charge in [-0.2, -0.15) is 0 Å². The van der Waals surface area contributed by atoms with E-state index in [0.29, 0.717) is 29.5 Å². The van der Waals surface area contributed by atoms with E-state index in [-0.39, 0.29) is 23.5 Å². The fourth-order valence-corrected chi connectivity index (χ4v) is 2.67. The Labute approximate surface area is 144 Å². The molecular formula is C18H21N3O4.